The van der Waals surface area contributed by atoms with Crippen LogP contribution in [-0.2, 0) is 0 Å². The summed E-state index contributed by atoms with van der Waals surface area (Å²) in [5.41, 5.74) is 3.08. The number of amides is 1. The van der Waals surface area contributed by atoms with Crippen LogP contribution in [0.3, 0.4) is 0 Å². The standard InChI is InChI=1S/C18H14ClFN4O3S/c1-2-26-14-8-11(9-22-24-16(25)15-4-3-7-28-15)5-6-13(14)27-17-12(20)10-21-18(19)23-17/h3-10H,2H2,1H3,(H,24,25)/b22-9+. The van der Waals surface area contributed by atoms with Crippen molar-refractivity contribution >= 4 is 35.1 Å². The molecular weight excluding hydrogens is 407 g/mol. The van der Waals surface area contributed by atoms with Crippen molar-refractivity contribution in [1.82, 2.24) is 15.4 Å². The molecule has 0 spiro atoms. The molecule has 0 fully saturated rings. The Bertz CT molecular complexity index is 999. The molecule has 1 N–H and O–H groups in total. The number of ether oxygens (including phenoxy) is 2. The number of thiophene rings is 1. The van der Waals surface area contributed by atoms with E-state index in [4.69, 9.17) is 21.1 Å². The normalized spacial score (nSPS) is 10.8. The van der Waals surface area contributed by atoms with Gasteiger partial charge >= 0.3 is 0 Å². The second kappa shape index (κ2) is 9.25. The highest BCUT2D eigenvalue weighted by Crippen LogP contribution is 2.32. The fourth-order valence-electron chi connectivity index (χ4n) is 2.09. The lowest BCUT2D eigenvalue weighted by Gasteiger charge is -2.12. The second-order valence-electron chi connectivity index (χ2n) is 5.21. The third kappa shape index (κ3) is 5.02. The van der Waals surface area contributed by atoms with Gasteiger partial charge in [-0.25, -0.2) is 10.4 Å². The first kappa shape index (κ1) is 19.7. The van der Waals surface area contributed by atoms with Gasteiger partial charge in [-0.1, -0.05) is 6.07 Å². The largest absolute Gasteiger partial charge is 0.490 e. The molecule has 0 saturated heterocycles. The quantitative estimate of drug-likeness (QED) is 0.350. The Morgan fingerprint density at radius 2 is 2.25 bits per heavy atom. The monoisotopic (exact) mass is 420 g/mol. The molecule has 10 heteroatoms. The lowest BCUT2D eigenvalue weighted by atomic mass is 10.2. The fraction of sp³-hybridized carbons (Fsp3) is 0.111. The molecule has 0 saturated carbocycles. The number of rotatable bonds is 7. The minimum atomic E-state index is -0.756. The van der Waals surface area contributed by atoms with Crippen LogP contribution >= 0.6 is 22.9 Å². The van der Waals surface area contributed by atoms with Crippen LogP contribution in [0.25, 0.3) is 0 Å². The van der Waals surface area contributed by atoms with Gasteiger partial charge in [-0.2, -0.15) is 14.5 Å². The van der Waals surface area contributed by atoms with E-state index in [1.165, 1.54) is 17.6 Å². The van der Waals surface area contributed by atoms with Gasteiger partial charge in [0.1, 0.15) is 0 Å². The Labute approximate surface area is 168 Å². The molecule has 0 radical (unpaired) electrons. The predicted octanol–water partition coefficient (Wildman–Crippen LogP) is 4.29. The number of carbonyl (C=O) groups excluding carboxylic acids is 1. The van der Waals surface area contributed by atoms with E-state index >= 15 is 0 Å². The Morgan fingerprint density at radius 3 is 3.00 bits per heavy atom. The van der Waals surface area contributed by atoms with Gasteiger partial charge in [0.15, 0.2) is 11.5 Å². The van der Waals surface area contributed by atoms with Gasteiger partial charge < -0.3 is 9.47 Å². The van der Waals surface area contributed by atoms with Gasteiger partial charge in [0.2, 0.25) is 11.1 Å². The van der Waals surface area contributed by atoms with Crippen molar-refractivity contribution in [2.24, 2.45) is 5.10 Å². The van der Waals surface area contributed by atoms with Crippen LogP contribution in [-0.4, -0.2) is 28.7 Å². The van der Waals surface area contributed by atoms with Crippen molar-refractivity contribution in [2.75, 3.05) is 6.61 Å². The third-order valence-corrected chi connectivity index (χ3v) is 4.33. The average Bonchev–Trinajstić information content (AvgIpc) is 3.21. The number of hydrogen-bond acceptors (Lipinski definition) is 7. The molecule has 0 unspecified atom stereocenters. The minimum Gasteiger partial charge on any atom is -0.490 e. The Kier molecular flexibility index (Phi) is 6.51. The zero-order valence-corrected chi connectivity index (χ0v) is 16.1. The summed E-state index contributed by atoms with van der Waals surface area (Å²) in [5, 5.41) is 5.59. The number of carbonyl (C=O) groups is 1. The van der Waals surface area contributed by atoms with E-state index in [9.17, 15) is 9.18 Å². The summed E-state index contributed by atoms with van der Waals surface area (Å²) in [6, 6.07) is 8.36. The first-order valence-electron chi connectivity index (χ1n) is 8.06. The topological polar surface area (TPSA) is 85.7 Å². The number of hydrogen-bond donors (Lipinski definition) is 1. The smallest absolute Gasteiger partial charge is 0.281 e. The van der Waals surface area contributed by atoms with E-state index in [2.05, 4.69) is 20.5 Å². The number of aromatic nitrogens is 2. The van der Waals surface area contributed by atoms with Crippen LogP contribution in [0.15, 0.2) is 47.0 Å². The van der Waals surface area contributed by atoms with E-state index in [1.807, 2.05) is 0 Å². The number of halogens is 2. The molecule has 3 rings (SSSR count). The SMILES string of the molecule is CCOc1cc(/C=N/NC(=O)c2cccs2)ccc1Oc1nc(Cl)ncc1F. The molecule has 0 aliphatic carbocycles. The molecule has 2 heterocycles. The molecule has 0 atom stereocenters. The molecule has 1 aromatic carbocycles. The van der Waals surface area contributed by atoms with Crippen molar-refractivity contribution in [3.8, 4) is 17.4 Å². The Balaban J connectivity index is 1.75. The molecule has 144 valence electrons. The number of benzene rings is 1. The molecule has 1 amide bonds. The van der Waals surface area contributed by atoms with Crippen molar-refractivity contribution < 1.29 is 18.7 Å². The second-order valence-corrected chi connectivity index (χ2v) is 6.50. The number of nitrogens with zero attached hydrogens (tertiary/aromatic N) is 3. The van der Waals surface area contributed by atoms with Crippen molar-refractivity contribution in [2.45, 2.75) is 6.92 Å². The zero-order valence-electron chi connectivity index (χ0n) is 14.6. The van der Waals surface area contributed by atoms with Gasteiger partial charge in [0.25, 0.3) is 11.8 Å². The van der Waals surface area contributed by atoms with E-state index in [0.29, 0.717) is 22.8 Å². The molecule has 7 nitrogen and oxygen atoms in total. The first-order chi connectivity index (χ1) is 13.6. The summed E-state index contributed by atoms with van der Waals surface area (Å²) in [6.45, 7) is 2.16. The van der Waals surface area contributed by atoms with Gasteiger partial charge in [-0.3, -0.25) is 4.79 Å². The predicted molar refractivity (Wildman–Crippen MR) is 104 cm³/mol. The number of nitrogens with one attached hydrogen (secondary N) is 1. The molecule has 2 aromatic heterocycles. The summed E-state index contributed by atoms with van der Waals surface area (Å²) in [7, 11) is 0. The lowest BCUT2D eigenvalue weighted by molar-refractivity contribution is 0.0959. The molecular formula is C18H14ClFN4O3S. The van der Waals surface area contributed by atoms with Crippen molar-refractivity contribution in [3.05, 3.63) is 63.5 Å². The highest BCUT2D eigenvalue weighted by Gasteiger charge is 2.13. The summed E-state index contributed by atoms with van der Waals surface area (Å²) in [4.78, 5) is 19.7. The average molecular weight is 421 g/mol. The highest BCUT2D eigenvalue weighted by atomic mass is 35.5. The van der Waals surface area contributed by atoms with Crippen LogP contribution in [0.1, 0.15) is 22.2 Å². The van der Waals surface area contributed by atoms with Crippen molar-refractivity contribution in [3.63, 3.8) is 0 Å². The van der Waals surface area contributed by atoms with Gasteiger partial charge in [-0.05, 0) is 53.7 Å². The van der Waals surface area contributed by atoms with Crippen LogP contribution < -0.4 is 14.9 Å². The summed E-state index contributed by atoms with van der Waals surface area (Å²) < 4.78 is 24.8. The van der Waals surface area contributed by atoms with E-state index < -0.39 is 5.82 Å². The van der Waals surface area contributed by atoms with Gasteiger partial charge in [0, 0.05) is 0 Å². The highest BCUT2D eigenvalue weighted by molar-refractivity contribution is 7.12. The summed E-state index contributed by atoms with van der Waals surface area (Å²) in [6.07, 6.45) is 2.38. The lowest BCUT2D eigenvalue weighted by Crippen LogP contribution is -2.16. The molecule has 28 heavy (non-hydrogen) atoms. The molecule has 0 aliphatic rings. The minimum absolute atomic E-state index is 0.139. The maximum absolute atomic E-state index is 13.8. The maximum Gasteiger partial charge on any atom is 0.281 e. The molecule has 0 bridgehead atoms. The van der Waals surface area contributed by atoms with Gasteiger partial charge in [-0.15, -0.1) is 11.3 Å². The molecule has 3 aromatic rings. The van der Waals surface area contributed by atoms with Crippen LogP contribution in [0, 0.1) is 5.82 Å². The van der Waals surface area contributed by atoms with Crippen LogP contribution in [0.4, 0.5) is 4.39 Å². The van der Waals surface area contributed by atoms with Crippen LogP contribution in [0.5, 0.6) is 17.4 Å². The van der Waals surface area contributed by atoms with E-state index in [-0.39, 0.29) is 22.8 Å². The first-order valence-corrected chi connectivity index (χ1v) is 9.32. The molecule has 0 aliphatic heterocycles. The van der Waals surface area contributed by atoms with E-state index in [1.54, 1.807) is 42.6 Å². The van der Waals surface area contributed by atoms with E-state index in [0.717, 1.165) is 6.20 Å². The maximum atomic E-state index is 13.8. The fourth-order valence-corrected chi connectivity index (χ4v) is 2.83. The third-order valence-electron chi connectivity index (χ3n) is 3.28. The van der Waals surface area contributed by atoms with Crippen molar-refractivity contribution in [1.29, 1.82) is 0 Å². The van der Waals surface area contributed by atoms with Gasteiger partial charge in [0.05, 0.1) is 23.9 Å². The Hall–Kier alpha value is -3.04. The zero-order chi connectivity index (χ0) is 19.9. The Morgan fingerprint density at radius 1 is 1.39 bits per heavy atom. The summed E-state index contributed by atoms with van der Waals surface area (Å²) in [5.74, 6) is -0.771. The van der Waals surface area contributed by atoms with Crippen LogP contribution in [0.2, 0.25) is 5.28 Å². The number of hydrazone groups is 1. The summed E-state index contributed by atoms with van der Waals surface area (Å²) >= 11 is 7.00.